The molecule has 0 N–H and O–H groups in total. The molecule has 2 rings (SSSR count). The Labute approximate surface area is 127 Å². The Hall–Kier alpha value is -0.890. The Morgan fingerprint density at radius 3 is 2.50 bits per heavy atom. The van der Waals surface area contributed by atoms with Gasteiger partial charge in [-0.1, -0.05) is 13.3 Å². The van der Waals surface area contributed by atoms with Crippen LogP contribution in [-0.2, 0) is 0 Å². The van der Waals surface area contributed by atoms with Crippen molar-refractivity contribution < 1.29 is 9.47 Å². The van der Waals surface area contributed by atoms with E-state index in [1.807, 2.05) is 24.3 Å². The van der Waals surface area contributed by atoms with Crippen molar-refractivity contribution in [1.82, 2.24) is 0 Å². The van der Waals surface area contributed by atoms with Crippen LogP contribution in [0.1, 0.15) is 39.0 Å². The van der Waals surface area contributed by atoms with E-state index in [2.05, 4.69) is 6.92 Å². The zero-order valence-electron chi connectivity index (χ0n) is 12.5. The number of alkyl halides is 1. The van der Waals surface area contributed by atoms with Crippen LogP contribution in [0.4, 0.5) is 0 Å². The average molecular weight is 297 g/mol. The van der Waals surface area contributed by atoms with Gasteiger partial charge in [-0.2, -0.15) is 0 Å². The molecule has 3 atom stereocenters. The second-order valence-corrected chi connectivity index (χ2v) is 6.24. The van der Waals surface area contributed by atoms with Crippen molar-refractivity contribution in [1.29, 1.82) is 0 Å². The van der Waals surface area contributed by atoms with E-state index in [9.17, 15) is 0 Å². The summed E-state index contributed by atoms with van der Waals surface area (Å²) in [6.07, 6.45) is 6.04. The van der Waals surface area contributed by atoms with Crippen LogP contribution in [0.3, 0.4) is 0 Å². The molecule has 0 saturated heterocycles. The maximum absolute atomic E-state index is 6.45. The standard InChI is InChI=1S/C17H25ClO2/c1-3-13-4-9-17(18)14(12-13)10-11-20-16-7-5-15(19-2)6-8-16/h5-8,13-14,17H,3-4,9-12H2,1-2H3. The SMILES string of the molecule is CCC1CCC(Cl)C(CCOc2ccc(OC)cc2)C1. The zero-order valence-corrected chi connectivity index (χ0v) is 13.2. The maximum atomic E-state index is 6.45. The molecule has 0 amide bonds. The van der Waals surface area contributed by atoms with Crippen LogP contribution in [0.5, 0.6) is 11.5 Å². The second kappa shape index (κ2) is 7.78. The first-order chi connectivity index (χ1) is 9.72. The number of benzene rings is 1. The molecule has 0 heterocycles. The molecule has 3 heteroatoms. The fraction of sp³-hybridized carbons (Fsp3) is 0.647. The highest BCUT2D eigenvalue weighted by atomic mass is 35.5. The Balaban J connectivity index is 1.76. The molecule has 1 aliphatic carbocycles. The van der Waals surface area contributed by atoms with E-state index in [0.717, 1.165) is 36.9 Å². The van der Waals surface area contributed by atoms with E-state index in [0.29, 0.717) is 11.3 Å². The lowest BCUT2D eigenvalue weighted by Gasteiger charge is -2.32. The van der Waals surface area contributed by atoms with Gasteiger partial charge < -0.3 is 9.47 Å². The highest BCUT2D eigenvalue weighted by molar-refractivity contribution is 6.20. The number of hydrogen-bond acceptors (Lipinski definition) is 2. The highest BCUT2D eigenvalue weighted by Gasteiger charge is 2.28. The molecule has 1 fully saturated rings. The normalized spacial score (nSPS) is 26.2. The molecule has 0 spiro atoms. The van der Waals surface area contributed by atoms with E-state index in [4.69, 9.17) is 21.1 Å². The lowest BCUT2D eigenvalue weighted by atomic mass is 9.78. The predicted octanol–water partition coefficient (Wildman–Crippen LogP) is 4.90. The highest BCUT2D eigenvalue weighted by Crippen LogP contribution is 2.36. The summed E-state index contributed by atoms with van der Waals surface area (Å²) in [5, 5.41) is 0.331. The van der Waals surface area contributed by atoms with Gasteiger partial charge in [0.2, 0.25) is 0 Å². The van der Waals surface area contributed by atoms with Crippen molar-refractivity contribution in [2.24, 2.45) is 11.8 Å². The number of ether oxygens (including phenoxy) is 2. The van der Waals surface area contributed by atoms with Gasteiger partial charge in [-0.15, -0.1) is 11.6 Å². The molecule has 0 aliphatic heterocycles. The van der Waals surface area contributed by atoms with Crippen molar-refractivity contribution in [3.05, 3.63) is 24.3 Å². The van der Waals surface area contributed by atoms with Crippen LogP contribution in [0.15, 0.2) is 24.3 Å². The van der Waals surface area contributed by atoms with Gasteiger partial charge in [0.1, 0.15) is 11.5 Å². The van der Waals surface area contributed by atoms with Crippen molar-refractivity contribution >= 4 is 11.6 Å². The van der Waals surface area contributed by atoms with E-state index in [1.54, 1.807) is 7.11 Å². The lowest BCUT2D eigenvalue weighted by Crippen LogP contribution is -2.26. The fourth-order valence-corrected chi connectivity index (χ4v) is 3.35. The minimum absolute atomic E-state index is 0.331. The molecule has 2 nitrogen and oxygen atoms in total. The Kier molecular flexibility index (Phi) is 6.03. The van der Waals surface area contributed by atoms with Crippen molar-refractivity contribution in [2.75, 3.05) is 13.7 Å². The topological polar surface area (TPSA) is 18.5 Å². The molecule has 0 radical (unpaired) electrons. The summed E-state index contributed by atoms with van der Waals surface area (Å²) in [7, 11) is 1.67. The van der Waals surface area contributed by atoms with E-state index in [-0.39, 0.29) is 0 Å². The molecule has 1 aromatic carbocycles. The summed E-state index contributed by atoms with van der Waals surface area (Å²) in [5.74, 6) is 3.22. The number of halogens is 1. The van der Waals surface area contributed by atoms with Crippen molar-refractivity contribution in [2.45, 2.75) is 44.4 Å². The Bertz CT molecular complexity index is 390. The van der Waals surface area contributed by atoms with Gasteiger partial charge in [0, 0.05) is 5.38 Å². The smallest absolute Gasteiger partial charge is 0.119 e. The third-order valence-corrected chi connectivity index (χ3v) is 4.97. The molecule has 1 saturated carbocycles. The van der Waals surface area contributed by atoms with Crippen LogP contribution in [-0.4, -0.2) is 19.1 Å². The Morgan fingerprint density at radius 2 is 1.85 bits per heavy atom. The second-order valence-electron chi connectivity index (χ2n) is 5.68. The van der Waals surface area contributed by atoms with Gasteiger partial charge in [0.05, 0.1) is 13.7 Å². The Morgan fingerprint density at radius 1 is 1.15 bits per heavy atom. The van der Waals surface area contributed by atoms with Crippen LogP contribution >= 0.6 is 11.6 Å². The van der Waals surface area contributed by atoms with Gasteiger partial charge >= 0.3 is 0 Å². The number of rotatable bonds is 6. The molecular formula is C17H25ClO2. The monoisotopic (exact) mass is 296 g/mol. The van der Waals surface area contributed by atoms with Gasteiger partial charge in [-0.25, -0.2) is 0 Å². The van der Waals surface area contributed by atoms with E-state index >= 15 is 0 Å². The average Bonchev–Trinajstić information content (AvgIpc) is 2.50. The summed E-state index contributed by atoms with van der Waals surface area (Å²) < 4.78 is 10.9. The van der Waals surface area contributed by atoms with Gasteiger partial charge in [-0.05, 0) is 61.8 Å². The largest absolute Gasteiger partial charge is 0.497 e. The summed E-state index contributed by atoms with van der Waals surface area (Å²) in [4.78, 5) is 0. The fourth-order valence-electron chi connectivity index (χ4n) is 2.99. The first-order valence-corrected chi connectivity index (χ1v) is 8.07. The first-order valence-electron chi connectivity index (χ1n) is 7.63. The van der Waals surface area contributed by atoms with Gasteiger partial charge in [-0.3, -0.25) is 0 Å². The third kappa shape index (κ3) is 4.31. The summed E-state index contributed by atoms with van der Waals surface area (Å²) in [5.41, 5.74) is 0. The third-order valence-electron chi connectivity index (χ3n) is 4.39. The van der Waals surface area contributed by atoms with Crippen LogP contribution in [0.25, 0.3) is 0 Å². The molecular weight excluding hydrogens is 272 g/mol. The molecule has 112 valence electrons. The van der Waals surface area contributed by atoms with E-state index in [1.165, 1.54) is 19.3 Å². The summed E-state index contributed by atoms with van der Waals surface area (Å²) in [6.45, 7) is 3.03. The van der Waals surface area contributed by atoms with Crippen molar-refractivity contribution in [3.8, 4) is 11.5 Å². The minimum Gasteiger partial charge on any atom is -0.497 e. The molecule has 3 unspecified atom stereocenters. The number of hydrogen-bond donors (Lipinski definition) is 0. The summed E-state index contributed by atoms with van der Waals surface area (Å²) in [6, 6.07) is 7.75. The van der Waals surface area contributed by atoms with Crippen LogP contribution in [0, 0.1) is 11.8 Å². The van der Waals surface area contributed by atoms with Gasteiger partial charge in [0.15, 0.2) is 0 Å². The van der Waals surface area contributed by atoms with E-state index < -0.39 is 0 Å². The maximum Gasteiger partial charge on any atom is 0.119 e. The van der Waals surface area contributed by atoms with Crippen molar-refractivity contribution in [3.63, 3.8) is 0 Å². The molecule has 0 aromatic heterocycles. The quantitative estimate of drug-likeness (QED) is 0.695. The predicted molar refractivity (Wildman–Crippen MR) is 83.9 cm³/mol. The lowest BCUT2D eigenvalue weighted by molar-refractivity contribution is 0.211. The van der Waals surface area contributed by atoms with Crippen LogP contribution in [0.2, 0.25) is 0 Å². The molecule has 1 aliphatic rings. The van der Waals surface area contributed by atoms with Gasteiger partial charge in [0.25, 0.3) is 0 Å². The molecule has 0 bridgehead atoms. The zero-order chi connectivity index (χ0) is 14.4. The molecule has 20 heavy (non-hydrogen) atoms. The van der Waals surface area contributed by atoms with Crippen LogP contribution < -0.4 is 9.47 Å². The summed E-state index contributed by atoms with van der Waals surface area (Å²) >= 11 is 6.45. The number of methoxy groups -OCH3 is 1. The molecule has 1 aromatic rings. The first kappa shape index (κ1) is 15.5. The minimum atomic E-state index is 0.331.